The first-order valence-electron chi connectivity index (χ1n) is 7.50. The van der Waals surface area contributed by atoms with Crippen LogP contribution in [0.15, 0.2) is 36.7 Å². The summed E-state index contributed by atoms with van der Waals surface area (Å²) in [6.45, 7) is 3.26. The standard InChI is InChI=1S/C17H18N4O/c1-12-18-8-10-20(12)11-21-9-7-15-16(17(21)22)13-5-3-4-6-14(13)19(15)2/h3-6,8,10H,7,9,11H2,1-2H3. The van der Waals surface area contributed by atoms with E-state index in [1.165, 1.54) is 0 Å². The number of fused-ring (bicyclic) bond motifs is 3. The van der Waals surface area contributed by atoms with Crippen LogP contribution in [0.3, 0.4) is 0 Å². The minimum atomic E-state index is 0.117. The lowest BCUT2D eigenvalue weighted by Gasteiger charge is -2.28. The largest absolute Gasteiger partial charge is 0.347 e. The predicted octanol–water partition coefficient (Wildman–Crippen LogP) is 2.34. The summed E-state index contributed by atoms with van der Waals surface area (Å²) in [5.41, 5.74) is 3.13. The van der Waals surface area contributed by atoms with Crippen LogP contribution in [0.2, 0.25) is 0 Å². The molecule has 0 aliphatic carbocycles. The van der Waals surface area contributed by atoms with Gasteiger partial charge in [-0.05, 0) is 13.0 Å². The Bertz CT molecular complexity index is 874. The number of aryl methyl sites for hydroxylation is 2. The highest BCUT2D eigenvalue weighted by molar-refractivity contribution is 6.09. The van der Waals surface area contributed by atoms with Crippen LogP contribution < -0.4 is 0 Å². The topological polar surface area (TPSA) is 43.1 Å². The zero-order valence-corrected chi connectivity index (χ0v) is 12.8. The molecule has 0 fully saturated rings. The highest BCUT2D eigenvalue weighted by atomic mass is 16.2. The molecular weight excluding hydrogens is 276 g/mol. The van der Waals surface area contributed by atoms with E-state index in [-0.39, 0.29) is 5.91 Å². The maximum Gasteiger partial charge on any atom is 0.257 e. The van der Waals surface area contributed by atoms with Gasteiger partial charge in [0.25, 0.3) is 5.91 Å². The average molecular weight is 294 g/mol. The third-order valence-electron chi connectivity index (χ3n) is 4.59. The summed E-state index contributed by atoms with van der Waals surface area (Å²) < 4.78 is 4.16. The fraction of sp³-hybridized carbons (Fsp3) is 0.294. The van der Waals surface area contributed by atoms with Crippen molar-refractivity contribution in [2.75, 3.05) is 6.54 Å². The number of hydrogen-bond donors (Lipinski definition) is 0. The second kappa shape index (κ2) is 4.73. The molecule has 0 saturated heterocycles. The molecule has 0 spiro atoms. The van der Waals surface area contributed by atoms with E-state index >= 15 is 0 Å². The molecule has 112 valence electrons. The Morgan fingerprint density at radius 3 is 2.86 bits per heavy atom. The Hall–Kier alpha value is -2.56. The third-order valence-corrected chi connectivity index (χ3v) is 4.59. The lowest BCUT2D eigenvalue weighted by Crippen LogP contribution is -2.39. The second-order valence-corrected chi connectivity index (χ2v) is 5.80. The second-order valence-electron chi connectivity index (χ2n) is 5.80. The van der Waals surface area contributed by atoms with E-state index in [9.17, 15) is 4.79 Å². The maximum absolute atomic E-state index is 13.0. The molecule has 0 radical (unpaired) electrons. The number of rotatable bonds is 2. The van der Waals surface area contributed by atoms with Gasteiger partial charge in [-0.25, -0.2) is 4.98 Å². The summed E-state index contributed by atoms with van der Waals surface area (Å²) in [6.07, 6.45) is 4.58. The van der Waals surface area contributed by atoms with Gasteiger partial charge in [0.2, 0.25) is 0 Å². The molecule has 1 aliphatic rings. The van der Waals surface area contributed by atoms with Crippen molar-refractivity contribution >= 4 is 16.8 Å². The zero-order chi connectivity index (χ0) is 15.3. The lowest BCUT2D eigenvalue weighted by atomic mass is 10.0. The average Bonchev–Trinajstić information content (AvgIpc) is 3.05. The van der Waals surface area contributed by atoms with Gasteiger partial charge in [0, 0.05) is 49.0 Å². The molecule has 5 heteroatoms. The van der Waals surface area contributed by atoms with E-state index in [0.29, 0.717) is 6.67 Å². The van der Waals surface area contributed by atoms with Crippen LogP contribution in [0.5, 0.6) is 0 Å². The molecular formula is C17H18N4O. The lowest BCUT2D eigenvalue weighted by molar-refractivity contribution is 0.0684. The van der Waals surface area contributed by atoms with Crippen molar-refractivity contribution in [3.8, 4) is 0 Å². The number of hydrogen-bond acceptors (Lipinski definition) is 2. The summed E-state index contributed by atoms with van der Waals surface area (Å²) in [4.78, 5) is 19.1. The van der Waals surface area contributed by atoms with E-state index in [2.05, 4.69) is 15.6 Å². The van der Waals surface area contributed by atoms with Crippen LogP contribution in [0.1, 0.15) is 21.9 Å². The van der Waals surface area contributed by atoms with E-state index in [1.807, 2.05) is 47.8 Å². The number of para-hydroxylation sites is 1. The Balaban J connectivity index is 1.77. The number of carbonyl (C=O) groups is 1. The van der Waals surface area contributed by atoms with Gasteiger partial charge in [0.1, 0.15) is 5.82 Å². The molecule has 3 aromatic rings. The molecule has 1 aromatic carbocycles. The molecule has 3 heterocycles. The monoisotopic (exact) mass is 294 g/mol. The van der Waals surface area contributed by atoms with Crippen molar-refractivity contribution in [1.29, 1.82) is 0 Å². The van der Waals surface area contributed by atoms with Gasteiger partial charge in [-0.3, -0.25) is 4.79 Å². The smallest absolute Gasteiger partial charge is 0.257 e. The Morgan fingerprint density at radius 2 is 2.09 bits per heavy atom. The number of nitrogens with zero attached hydrogens (tertiary/aromatic N) is 4. The van der Waals surface area contributed by atoms with Crippen molar-refractivity contribution in [3.05, 3.63) is 53.7 Å². The molecule has 4 rings (SSSR count). The fourth-order valence-corrected chi connectivity index (χ4v) is 3.35. The minimum Gasteiger partial charge on any atom is -0.347 e. The SMILES string of the molecule is Cc1nccn1CN1CCc2c(c3ccccc3n2C)C1=O. The van der Waals surface area contributed by atoms with Crippen LogP contribution in [-0.2, 0) is 20.1 Å². The summed E-state index contributed by atoms with van der Waals surface area (Å²) in [5, 5.41) is 1.05. The fourth-order valence-electron chi connectivity index (χ4n) is 3.35. The molecule has 0 N–H and O–H groups in total. The first kappa shape index (κ1) is 13.1. The van der Waals surface area contributed by atoms with Crippen molar-refractivity contribution in [3.63, 3.8) is 0 Å². The Labute approximate surface area is 128 Å². The van der Waals surface area contributed by atoms with Gasteiger partial charge in [0.05, 0.1) is 12.2 Å². The van der Waals surface area contributed by atoms with Crippen molar-refractivity contribution in [1.82, 2.24) is 19.0 Å². The highest BCUT2D eigenvalue weighted by Gasteiger charge is 2.29. The van der Waals surface area contributed by atoms with Gasteiger partial charge >= 0.3 is 0 Å². The third kappa shape index (κ3) is 1.78. The summed E-state index contributed by atoms with van der Waals surface area (Å²) in [6, 6.07) is 8.13. The number of amides is 1. The summed E-state index contributed by atoms with van der Waals surface area (Å²) in [7, 11) is 2.05. The number of imidazole rings is 1. The van der Waals surface area contributed by atoms with Gasteiger partial charge in [-0.2, -0.15) is 0 Å². The predicted molar refractivity (Wildman–Crippen MR) is 84.6 cm³/mol. The number of benzene rings is 1. The van der Waals surface area contributed by atoms with Crippen LogP contribution in [-0.4, -0.2) is 31.5 Å². The van der Waals surface area contributed by atoms with E-state index < -0.39 is 0 Å². The maximum atomic E-state index is 13.0. The van der Waals surface area contributed by atoms with Crippen molar-refractivity contribution in [2.45, 2.75) is 20.0 Å². The molecule has 0 saturated carbocycles. The van der Waals surface area contributed by atoms with Gasteiger partial charge in [-0.15, -0.1) is 0 Å². The summed E-state index contributed by atoms with van der Waals surface area (Å²) in [5.74, 6) is 1.04. The highest BCUT2D eigenvalue weighted by Crippen LogP contribution is 2.30. The van der Waals surface area contributed by atoms with Crippen LogP contribution in [0.4, 0.5) is 0 Å². The van der Waals surface area contributed by atoms with Crippen LogP contribution >= 0.6 is 0 Å². The quantitative estimate of drug-likeness (QED) is 0.728. The molecule has 5 nitrogen and oxygen atoms in total. The first-order chi connectivity index (χ1) is 10.7. The van der Waals surface area contributed by atoms with Gasteiger partial charge in [-0.1, -0.05) is 18.2 Å². The van der Waals surface area contributed by atoms with Gasteiger partial charge in [0.15, 0.2) is 0 Å². The molecule has 2 aromatic heterocycles. The Kier molecular flexibility index (Phi) is 2.82. The van der Waals surface area contributed by atoms with Crippen LogP contribution in [0, 0.1) is 6.92 Å². The molecule has 0 atom stereocenters. The first-order valence-corrected chi connectivity index (χ1v) is 7.50. The van der Waals surface area contributed by atoms with Crippen molar-refractivity contribution in [2.24, 2.45) is 7.05 Å². The zero-order valence-electron chi connectivity index (χ0n) is 12.8. The molecule has 0 bridgehead atoms. The van der Waals surface area contributed by atoms with Crippen LogP contribution in [0.25, 0.3) is 10.9 Å². The minimum absolute atomic E-state index is 0.117. The molecule has 0 unspecified atom stereocenters. The Morgan fingerprint density at radius 1 is 1.27 bits per heavy atom. The molecule has 22 heavy (non-hydrogen) atoms. The number of aromatic nitrogens is 3. The normalized spacial score (nSPS) is 14.6. The molecule has 1 amide bonds. The van der Waals surface area contributed by atoms with E-state index in [4.69, 9.17) is 0 Å². The van der Waals surface area contributed by atoms with Crippen molar-refractivity contribution < 1.29 is 4.79 Å². The molecule has 1 aliphatic heterocycles. The van der Waals surface area contributed by atoms with E-state index in [1.54, 1.807) is 6.20 Å². The summed E-state index contributed by atoms with van der Waals surface area (Å²) >= 11 is 0. The number of carbonyl (C=O) groups excluding carboxylic acids is 1. The van der Waals surface area contributed by atoms with Gasteiger partial charge < -0.3 is 14.0 Å². The van der Waals surface area contributed by atoms with E-state index in [0.717, 1.165) is 41.0 Å².